The van der Waals surface area contributed by atoms with Crippen LogP contribution in [0.3, 0.4) is 0 Å². The molecule has 0 fully saturated rings. The molecular weight excluding hydrogens is 385 g/mol. The molecule has 2 aromatic heterocycles. The molecular formula is C16H8Cl3N5O. The number of pyridine rings is 1. The lowest BCUT2D eigenvalue weighted by atomic mass is 10.2. The topological polar surface area (TPSA) is 83.6 Å². The number of aromatic nitrogens is 3. The van der Waals surface area contributed by atoms with E-state index in [1.54, 1.807) is 24.4 Å². The van der Waals surface area contributed by atoms with Crippen LogP contribution in [0.15, 0.2) is 42.7 Å². The van der Waals surface area contributed by atoms with E-state index in [0.29, 0.717) is 5.82 Å². The van der Waals surface area contributed by atoms with Crippen LogP contribution in [0.1, 0.15) is 15.9 Å². The normalized spacial score (nSPS) is 10.3. The number of carbonyl (C=O) groups is 1. The van der Waals surface area contributed by atoms with E-state index in [0.717, 1.165) is 0 Å². The Kier molecular flexibility index (Phi) is 4.91. The van der Waals surface area contributed by atoms with Gasteiger partial charge in [0.15, 0.2) is 11.6 Å². The van der Waals surface area contributed by atoms with E-state index >= 15 is 0 Å². The van der Waals surface area contributed by atoms with Crippen LogP contribution in [0.4, 0.5) is 5.82 Å². The van der Waals surface area contributed by atoms with Crippen LogP contribution in [-0.4, -0.2) is 20.7 Å². The average molecular weight is 393 g/mol. The van der Waals surface area contributed by atoms with E-state index in [4.69, 9.17) is 34.8 Å². The van der Waals surface area contributed by atoms with Gasteiger partial charge < -0.3 is 5.32 Å². The van der Waals surface area contributed by atoms with Crippen LogP contribution in [0.5, 0.6) is 0 Å². The molecule has 3 aromatic rings. The molecule has 1 N–H and O–H groups in total. The van der Waals surface area contributed by atoms with Crippen molar-refractivity contribution in [2.45, 2.75) is 0 Å². The van der Waals surface area contributed by atoms with Crippen molar-refractivity contribution in [2.24, 2.45) is 0 Å². The highest BCUT2D eigenvalue weighted by Crippen LogP contribution is 2.32. The second-order valence-electron chi connectivity index (χ2n) is 4.79. The fraction of sp³-hybridized carbons (Fsp3) is 0. The summed E-state index contributed by atoms with van der Waals surface area (Å²) < 4.78 is 1.34. The molecule has 6 nitrogen and oxygen atoms in total. The number of rotatable bonds is 3. The van der Waals surface area contributed by atoms with Crippen molar-refractivity contribution in [3.05, 3.63) is 68.9 Å². The lowest BCUT2D eigenvalue weighted by Gasteiger charge is -2.11. The third kappa shape index (κ3) is 3.30. The summed E-state index contributed by atoms with van der Waals surface area (Å²) in [5, 5.41) is 16.3. The zero-order chi connectivity index (χ0) is 18.0. The van der Waals surface area contributed by atoms with Gasteiger partial charge in [-0.05, 0) is 24.3 Å². The predicted molar refractivity (Wildman–Crippen MR) is 95.5 cm³/mol. The van der Waals surface area contributed by atoms with Crippen molar-refractivity contribution < 1.29 is 4.79 Å². The largest absolute Gasteiger partial charge is 0.305 e. The van der Waals surface area contributed by atoms with E-state index in [2.05, 4.69) is 15.4 Å². The Bertz CT molecular complexity index is 995. The number of nitrogens with zero attached hydrogens (tertiary/aromatic N) is 4. The molecule has 0 aliphatic heterocycles. The number of amides is 1. The molecule has 0 spiro atoms. The van der Waals surface area contributed by atoms with E-state index in [1.807, 2.05) is 6.07 Å². The van der Waals surface area contributed by atoms with Crippen molar-refractivity contribution in [1.82, 2.24) is 14.8 Å². The second kappa shape index (κ2) is 7.11. The van der Waals surface area contributed by atoms with Gasteiger partial charge in [-0.2, -0.15) is 15.0 Å². The summed E-state index contributed by atoms with van der Waals surface area (Å²) in [6.45, 7) is 0. The molecule has 0 saturated carbocycles. The minimum Gasteiger partial charge on any atom is -0.305 e. The van der Waals surface area contributed by atoms with Crippen molar-refractivity contribution in [3.8, 4) is 11.9 Å². The Morgan fingerprint density at radius 1 is 1.16 bits per heavy atom. The first-order chi connectivity index (χ1) is 12.0. The smallest absolute Gasteiger partial charge is 0.259 e. The Labute approximate surface area is 157 Å². The van der Waals surface area contributed by atoms with Gasteiger partial charge >= 0.3 is 0 Å². The molecule has 25 heavy (non-hydrogen) atoms. The van der Waals surface area contributed by atoms with E-state index in [9.17, 15) is 10.1 Å². The zero-order valence-corrected chi connectivity index (χ0v) is 14.6. The van der Waals surface area contributed by atoms with E-state index < -0.39 is 5.91 Å². The number of benzene rings is 1. The molecule has 1 aromatic carbocycles. The maximum Gasteiger partial charge on any atom is 0.259 e. The fourth-order valence-electron chi connectivity index (χ4n) is 2.11. The summed E-state index contributed by atoms with van der Waals surface area (Å²) >= 11 is 18.1. The quantitative estimate of drug-likeness (QED) is 0.672. The van der Waals surface area contributed by atoms with Crippen LogP contribution in [0.25, 0.3) is 5.82 Å². The highest BCUT2D eigenvalue weighted by atomic mass is 35.5. The summed E-state index contributed by atoms with van der Waals surface area (Å²) in [6, 6.07) is 10.1. The first-order valence-corrected chi connectivity index (χ1v) is 8.00. The Balaban J connectivity index is 2.05. The van der Waals surface area contributed by atoms with Crippen molar-refractivity contribution >= 4 is 46.5 Å². The Hall–Kier alpha value is -2.59. The maximum atomic E-state index is 12.6. The molecule has 0 saturated heterocycles. The number of nitriles is 1. The molecule has 0 bridgehead atoms. The third-order valence-electron chi connectivity index (χ3n) is 3.26. The zero-order valence-electron chi connectivity index (χ0n) is 12.4. The highest BCUT2D eigenvalue weighted by molar-refractivity contribution is 6.46. The average Bonchev–Trinajstić information content (AvgIpc) is 3.02. The van der Waals surface area contributed by atoms with Crippen molar-refractivity contribution in [2.75, 3.05) is 5.32 Å². The number of anilines is 1. The van der Waals surface area contributed by atoms with E-state index in [-0.39, 0.29) is 32.0 Å². The summed E-state index contributed by atoms with van der Waals surface area (Å²) in [4.78, 5) is 16.8. The van der Waals surface area contributed by atoms with Gasteiger partial charge in [-0.3, -0.25) is 4.79 Å². The van der Waals surface area contributed by atoms with Crippen LogP contribution in [-0.2, 0) is 0 Å². The summed E-state index contributed by atoms with van der Waals surface area (Å²) in [6.07, 6.45) is 2.89. The molecule has 0 radical (unpaired) electrons. The Morgan fingerprint density at radius 3 is 2.60 bits per heavy atom. The minimum absolute atomic E-state index is 0.00786. The van der Waals surface area contributed by atoms with Gasteiger partial charge in [-0.1, -0.05) is 40.9 Å². The third-order valence-corrected chi connectivity index (χ3v) is 4.38. The summed E-state index contributed by atoms with van der Waals surface area (Å²) in [7, 11) is 0. The summed E-state index contributed by atoms with van der Waals surface area (Å²) in [5.74, 6) is -0.0347. The standard InChI is InChI=1S/C16H8Cl3N5O/c17-10-4-5-11(18)14(19)13(10)16(25)23-15-9(7-20)8-22-24(15)12-3-1-2-6-21-12/h1-6,8H,(H,23,25). The highest BCUT2D eigenvalue weighted by Gasteiger charge is 2.21. The Morgan fingerprint density at radius 2 is 1.92 bits per heavy atom. The van der Waals surface area contributed by atoms with Crippen LogP contribution in [0.2, 0.25) is 15.1 Å². The minimum atomic E-state index is -0.619. The number of nitrogens with one attached hydrogen (secondary N) is 1. The molecule has 1 amide bonds. The lowest BCUT2D eigenvalue weighted by molar-refractivity contribution is 0.102. The molecule has 0 atom stereocenters. The van der Waals surface area contributed by atoms with E-state index in [1.165, 1.54) is 23.0 Å². The number of hydrogen-bond donors (Lipinski definition) is 1. The molecule has 124 valence electrons. The fourth-order valence-corrected chi connectivity index (χ4v) is 2.81. The van der Waals surface area contributed by atoms with Gasteiger partial charge in [0.05, 0.1) is 26.8 Å². The molecule has 9 heteroatoms. The number of halogens is 3. The second-order valence-corrected chi connectivity index (χ2v) is 5.98. The first-order valence-electron chi connectivity index (χ1n) is 6.87. The predicted octanol–water partition coefficient (Wildman–Crippen LogP) is 4.35. The van der Waals surface area contributed by atoms with Gasteiger partial charge in [0, 0.05) is 6.20 Å². The SMILES string of the molecule is N#Cc1cnn(-c2ccccn2)c1NC(=O)c1c(Cl)ccc(Cl)c1Cl. The van der Waals surface area contributed by atoms with Gasteiger partial charge in [0.1, 0.15) is 11.6 Å². The first kappa shape index (κ1) is 17.2. The van der Waals surface area contributed by atoms with Gasteiger partial charge in [-0.25, -0.2) is 4.98 Å². The van der Waals surface area contributed by atoms with Crippen LogP contribution >= 0.6 is 34.8 Å². The van der Waals surface area contributed by atoms with Crippen molar-refractivity contribution in [3.63, 3.8) is 0 Å². The number of carbonyl (C=O) groups excluding carboxylic acids is 1. The van der Waals surface area contributed by atoms with Crippen LogP contribution in [0, 0.1) is 11.3 Å². The van der Waals surface area contributed by atoms with Crippen molar-refractivity contribution in [1.29, 1.82) is 5.26 Å². The van der Waals surface area contributed by atoms with Gasteiger partial charge in [0.2, 0.25) is 0 Å². The molecule has 0 unspecified atom stereocenters. The van der Waals surface area contributed by atoms with Gasteiger partial charge in [0.25, 0.3) is 5.91 Å². The molecule has 0 aliphatic carbocycles. The number of hydrogen-bond acceptors (Lipinski definition) is 4. The molecule has 3 rings (SSSR count). The summed E-state index contributed by atoms with van der Waals surface area (Å²) in [5.41, 5.74) is 0.168. The monoisotopic (exact) mass is 391 g/mol. The maximum absolute atomic E-state index is 12.6. The van der Waals surface area contributed by atoms with Crippen LogP contribution < -0.4 is 5.32 Å². The van der Waals surface area contributed by atoms with Gasteiger partial charge in [-0.15, -0.1) is 0 Å². The lowest BCUT2D eigenvalue weighted by Crippen LogP contribution is -2.17. The molecule has 2 heterocycles. The molecule has 0 aliphatic rings.